The molecule has 0 unspecified atom stereocenters. The average molecular weight is 430 g/mol. The molecular formula is C18H16BrN5O3. The van der Waals surface area contributed by atoms with Gasteiger partial charge < -0.3 is 15.2 Å². The zero-order valence-corrected chi connectivity index (χ0v) is 16.0. The van der Waals surface area contributed by atoms with Gasteiger partial charge in [0.15, 0.2) is 0 Å². The number of carbonyl (C=O) groups is 1. The molecule has 1 amide bonds. The second-order valence-electron chi connectivity index (χ2n) is 5.52. The van der Waals surface area contributed by atoms with Gasteiger partial charge >= 0.3 is 6.01 Å². The Hall–Kier alpha value is -3.07. The fourth-order valence-corrected chi connectivity index (χ4v) is 2.38. The summed E-state index contributed by atoms with van der Waals surface area (Å²) in [5.74, 6) is -0.587. The molecule has 0 bridgehead atoms. The molecule has 0 atom stereocenters. The van der Waals surface area contributed by atoms with Crippen molar-refractivity contribution in [1.29, 1.82) is 0 Å². The summed E-state index contributed by atoms with van der Waals surface area (Å²) in [4.78, 5) is 27.5. The van der Waals surface area contributed by atoms with Gasteiger partial charge in [0.05, 0.1) is 10.0 Å². The summed E-state index contributed by atoms with van der Waals surface area (Å²) in [5, 5.41) is 0. The van der Waals surface area contributed by atoms with Crippen molar-refractivity contribution in [3.63, 3.8) is 0 Å². The van der Waals surface area contributed by atoms with E-state index in [9.17, 15) is 4.79 Å². The highest BCUT2D eigenvalue weighted by Crippen LogP contribution is 2.27. The number of halogens is 1. The lowest BCUT2D eigenvalue weighted by atomic mass is 10.1. The van der Waals surface area contributed by atoms with E-state index in [2.05, 4.69) is 35.9 Å². The molecule has 1 aromatic carbocycles. The van der Waals surface area contributed by atoms with Gasteiger partial charge in [-0.05, 0) is 28.4 Å². The number of amides is 1. The summed E-state index contributed by atoms with van der Waals surface area (Å²) in [5.41, 5.74) is 7.91. The maximum absolute atomic E-state index is 11.4. The van der Waals surface area contributed by atoms with E-state index in [0.717, 1.165) is 15.6 Å². The highest BCUT2D eigenvalue weighted by atomic mass is 79.9. The van der Waals surface area contributed by atoms with Crippen LogP contribution in [0.3, 0.4) is 0 Å². The van der Waals surface area contributed by atoms with Crippen LogP contribution in [0.4, 0.5) is 0 Å². The molecule has 138 valence electrons. The zero-order valence-electron chi connectivity index (χ0n) is 14.4. The fourth-order valence-electron chi connectivity index (χ4n) is 2.17. The summed E-state index contributed by atoms with van der Waals surface area (Å²) in [6.45, 7) is 2.37. The second kappa shape index (κ2) is 8.54. The Morgan fingerprint density at radius 2 is 1.70 bits per heavy atom. The number of benzene rings is 1. The molecule has 2 aromatic heterocycles. The molecule has 27 heavy (non-hydrogen) atoms. The molecule has 9 heteroatoms. The Labute approximate surface area is 163 Å². The smallest absolute Gasteiger partial charge is 0.316 e. The normalized spacial score (nSPS) is 10.4. The van der Waals surface area contributed by atoms with Gasteiger partial charge in [-0.3, -0.25) is 4.79 Å². The van der Waals surface area contributed by atoms with Crippen LogP contribution in [0.25, 0.3) is 11.1 Å². The van der Waals surface area contributed by atoms with E-state index in [1.807, 2.05) is 31.2 Å². The first-order valence-electron chi connectivity index (χ1n) is 8.00. The van der Waals surface area contributed by atoms with Crippen molar-refractivity contribution in [1.82, 2.24) is 19.9 Å². The van der Waals surface area contributed by atoms with E-state index in [-0.39, 0.29) is 30.9 Å². The molecular weight excluding hydrogens is 414 g/mol. The third-order valence-electron chi connectivity index (χ3n) is 3.49. The molecule has 0 aliphatic carbocycles. The van der Waals surface area contributed by atoms with E-state index < -0.39 is 5.91 Å². The topological polar surface area (TPSA) is 113 Å². The Bertz CT molecular complexity index is 933. The summed E-state index contributed by atoms with van der Waals surface area (Å²) >= 11 is 3.25. The molecule has 3 rings (SSSR count). The third-order valence-corrected chi connectivity index (χ3v) is 3.90. The minimum atomic E-state index is -0.727. The summed E-state index contributed by atoms with van der Waals surface area (Å²) in [6.07, 6.45) is 4.69. The van der Waals surface area contributed by atoms with Crippen molar-refractivity contribution in [2.45, 2.75) is 6.92 Å². The quantitative estimate of drug-likeness (QED) is 0.573. The van der Waals surface area contributed by atoms with Crippen LogP contribution in [-0.4, -0.2) is 39.1 Å². The molecule has 0 fully saturated rings. The second-order valence-corrected chi connectivity index (χ2v) is 6.44. The molecule has 0 saturated heterocycles. The predicted octanol–water partition coefficient (Wildman–Crippen LogP) is 2.56. The van der Waals surface area contributed by atoms with Crippen LogP contribution in [0.5, 0.6) is 11.9 Å². The number of ether oxygens (including phenoxy) is 2. The first-order chi connectivity index (χ1) is 13.0. The van der Waals surface area contributed by atoms with Crippen molar-refractivity contribution in [3.8, 4) is 23.0 Å². The number of rotatable bonds is 7. The molecule has 8 nitrogen and oxygen atoms in total. The van der Waals surface area contributed by atoms with Gasteiger partial charge in [-0.15, -0.1) is 0 Å². The van der Waals surface area contributed by atoms with Gasteiger partial charge in [-0.2, -0.15) is 4.98 Å². The molecule has 0 saturated carbocycles. The molecule has 2 heterocycles. The molecule has 2 N–H and O–H groups in total. The van der Waals surface area contributed by atoms with Crippen LogP contribution < -0.4 is 15.2 Å². The van der Waals surface area contributed by atoms with Crippen LogP contribution in [0.2, 0.25) is 0 Å². The minimum absolute atomic E-state index is 0.113. The van der Waals surface area contributed by atoms with Crippen molar-refractivity contribution in [3.05, 3.63) is 58.7 Å². The SMILES string of the molecule is Cc1ccc(-c2cnc(C(N)=O)nc2OCCOc2ncc(Br)cn2)cc1. The third kappa shape index (κ3) is 4.98. The Morgan fingerprint density at radius 1 is 1.04 bits per heavy atom. The lowest BCUT2D eigenvalue weighted by Crippen LogP contribution is -2.17. The van der Waals surface area contributed by atoms with Gasteiger partial charge in [0.1, 0.15) is 13.2 Å². The predicted molar refractivity (Wildman–Crippen MR) is 101 cm³/mol. The van der Waals surface area contributed by atoms with Crippen molar-refractivity contribution < 1.29 is 14.3 Å². The van der Waals surface area contributed by atoms with Crippen LogP contribution in [0.15, 0.2) is 47.3 Å². The maximum atomic E-state index is 11.4. The molecule has 0 aliphatic rings. The van der Waals surface area contributed by atoms with Crippen LogP contribution in [0, 0.1) is 6.92 Å². The van der Waals surface area contributed by atoms with E-state index in [4.69, 9.17) is 15.2 Å². The number of hydrogen-bond donors (Lipinski definition) is 1. The van der Waals surface area contributed by atoms with E-state index in [0.29, 0.717) is 5.56 Å². The maximum Gasteiger partial charge on any atom is 0.316 e. The zero-order chi connectivity index (χ0) is 19.2. The number of primary amides is 1. The molecule has 0 radical (unpaired) electrons. The fraction of sp³-hybridized carbons (Fsp3) is 0.167. The summed E-state index contributed by atoms with van der Waals surface area (Å²) in [6, 6.07) is 8.03. The van der Waals surface area contributed by atoms with Gasteiger partial charge in [-0.1, -0.05) is 29.8 Å². The largest absolute Gasteiger partial charge is 0.474 e. The van der Waals surface area contributed by atoms with Gasteiger partial charge in [0, 0.05) is 18.6 Å². The first kappa shape index (κ1) is 18.7. The number of aromatic nitrogens is 4. The van der Waals surface area contributed by atoms with Gasteiger partial charge in [0.2, 0.25) is 11.7 Å². The first-order valence-corrected chi connectivity index (χ1v) is 8.79. The number of nitrogens with zero attached hydrogens (tertiary/aromatic N) is 4. The van der Waals surface area contributed by atoms with Crippen molar-refractivity contribution >= 4 is 21.8 Å². The van der Waals surface area contributed by atoms with E-state index in [1.165, 1.54) is 6.20 Å². The standard InChI is InChI=1S/C18H16BrN5O3/c1-11-2-4-12(5-3-11)14-10-21-16(15(20)25)24-17(14)26-6-7-27-18-22-8-13(19)9-23-18/h2-5,8-10H,6-7H2,1H3,(H2,20,25). The lowest BCUT2D eigenvalue weighted by molar-refractivity contribution is 0.0989. The highest BCUT2D eigenvalue weighted by molar-refractivity contribution is 9.10. The van der Waals surface area contributed by atoms with Crippen molar-refractivity contribution in [2.24, 2.45) is 5.73 Å². The van der Waals surface area contributed by atoms with Crippen LogP contribution in [0.1, 0.15) is 16.2 Å². The Kier molecular flexibility index (Phi) is 5.92. The van der Waals surface area contributed by atoms with E-state index in [1.54, 1.807) is 12.4 Å². The summed E-state index contributed by atoms with van der Waals surface area (Å²) in [7, 11) is 0. The van der Waals surface area contributed by atoms with Gasteiger partial charge in [0.25, 0.3) is 5.91 Å². The number of hydrogen-bond acceptors (Lipinski definition) is 7. The number of carbonyl (C=O) groups excluding carboxylic acids is 1. The molecule has 0 aliphatic heterocycles. The number of nitrogens with two attached hydrogens (primary N) is 1. The Balaban J connectivity index is 1.73. The highest BCUT2D eigenvalue weighted by Gasteiger charge is 2.14. The van der Waals surface area contributed by atoms with E-state index >= 15 is 0 Å². The Morgan fingerprint density at radius 3 is 2.37 bits per heavy atom. The van der Waals surface area contributed by atoms with Gasteiger partial charge in [-0.25, -0.2) is 15.0 Å². The average Bonchev–Trinajstić information content (AvgIpc) is 2.67. The monoisotopic (exact) mass is 429 g/mol. The minimum Gasteiger partial charge on any atom is -0.474 e. The number of aryl methyl sites for hydroxylation is 1. The van der Waals surface area contributed by atoms with Crippen LogP contribution in [-0.2, 0) is 0 Å². The van der Waals surface area contributed by atoms with Crippen molar-refractivity contribution in [2.75, 3.05) is 13.2 Å². The van der Waals surface area contributed by atoms with Crippen LogP contribution >= 0.6 is 15.9 Å². The summed E-state index contributed by atoms with van der Waals surface area (Å²) < 4.78 is 11.9. The lowest BCUT2D eigenvalue weighted by Gasteiger charge is -2.11. The molecule has 0 spiro atoms. The molecule has 3 aromatic rings.